The van der Waals surface area contributed by atoms with Crippen LogP contribution in [0.4, 0.5) is 4.79 Å². The van der Waals surface area contributed by atoms with Crippen molar-refractivity contribution in [3.05, 3.63) is 0 Å². The number of methoxy groups -OCH3 is 1. The molecule has 0 rings (SSSR count). The predicted octanol–water partition coefficient (Wildman–Crippen LogP) is -0.0608. The van der Waals surface area contributed by atoms with E-state index in [9.17, 15) is 14.4 Å². The fraction of sp³-hybridized carbons (Fsp3) is 0.769. The van der Waals surface area contributed by atoms with E-state index in [1.54, 1.807) is 21.0 Å². The highest BCUT2D eigenvalue weighted by atomic mass is 16.5. The lowest BCUT2D eigenvalue weighted by Gasteiger charge is -2.23. The minimum atomic E-state index is -0.991. The van der Waals surface area contributed by atoms with E-state index in [2.05, 4.69) is 16.0 Å². The number of hydrogen-bond donors (Lipinski definition) is 4. The molecule has 1 unspecified atom stereocenters. The number of nitrogens with one attached hydrogen (secondary N) is 3. The van der Waals surface area contributed by atoms with Gasteiger partial charge in [-0.05, 0) is 13.3 Å². The molecule has 0 aromatic rings. The van der Waals surface area contributed by atoms with Crippen molar-refractivity contribution in [2.45, 2.75) is 26.7 Å². The first-order valence-corrected chi connectivity index (χ1v) is 6.86. The Balaban J connectivity index is 3.86. The highest BCUT2D eigenvalue weighted by Crippen LogP contribution is 2.19. The van der Waals surface area contributed by atoms with Crippen LogP contribution in [-0.4, -0.2) is 56.4 Å². The number of carboxylic acids is 1. The Bertz CT molecular complexity index is 362. The zero-order valence-corrected chi connectivity index (χ0v) is 12.8. The van der Waals surface area contributed by atoms with Gasteiger partial charge < -0.3 is 25.8 Å². The molecule has 1 atom stereocenters. The molecule has 0 fully saturated rings. The monoisotopic (exact) mass is 303 g/mol. The van der Waals surface area contributed by atoms with Crippen LogP contribution in [0.5, 0.6) is 0 Å². The Morgan fingerprint density at radius 2 is 1.81 bits per heavy atom. The molecule has 0 spiro atoms. The maximum Gasteiger partial charge on any atom is 0.314 e. The lowest BCUT2D eigenvalue weighted by atomic mass is 9.88. The molecule has 0 heterocycles. The average molecular weight is 303 g/mol. The fourth-order valence-electron chi connectivity index (χ4n) is 1.36. The smallest absolute Gasteiger partial charge is 0.314 e. The summed E-state index contributed by atoms with van der Waals surface area (Å²) in [6.07, 6.45) is 0.561. The molecule has 3 amide bonds. The number of amides is 3. The highest BCUT2D eigenvalue weighted by Gasteiger charge is 2.31. The summed E-state index contributed by atoms with van der Waals surface area (Å²) < 4.78 is 4.79. The van der Waals surface area contributed by atoms with Crippen LogP contribution in [0.2, 0.25) is 0 Å². The molecule has 0 aliphatic rings. The molecule has 0 bridgehead atoms. The van der Waals surface area contributed by atoms with E-state index in [0.717, 1.165) is 0 Å². The second-order valence-corrected chi connectivity index (χ2v) is 4.92. The van der Waals surface area contributed by atoms with E-state index in [4.69, 9.17) is 9.84 Å². The molecule has 0 radical (unpaired) electrons. The summed E-state index contributed by atoms with van der Waals surface area (Å²) in [5, 5.41) is 16.7. The van der Waals surface area contributed by atoms with Crippen LogP contribution in [-0.2, 0) is 14.3 Å². The van der Waals surface area contributed by atoms with Crippen molar-refractivity contribution in [3.8, 4) is 0 Å². The van der Waals surface area contributed by atoms with Crippen molar-refractivity contribution < 1.29 is 24.2 Å². The quantitative estimate of drug-likeness (QED) is 0.422. The van der Waals surface area contributed by atoms with E-state index in [1.807, 2.05) is 0 Å². The summed E-state index contributed by atoms with van der Waals surface area (Å²) >= 11 is 0. The lowest BCUT2D eigenvalue weighted by molar-refractivity contribution is -0.147. The van der Waals surface area contributed by atoms with Crippen molar-refractivity contribution in [1.82, 2.24) is 16.0 Å². The van der Waals surface area contributed by atoms with Gasteiger partial charge in [-0.15, -0.1) is 0 Å². The second-order valence-electron chi connectivity index (χ2n) is 4.92. The third-order valence-corrected chi connectivity index (χ3v) is 3.20. The maximum atomic E-state index is 11.5. The van der Waals surface area contributed by atoms with Crippen LogP contribution < -0.4 is 16.0 Å². The second kappa shape index (κ2) is 9.98. The fourth-order valence-corrected chi connectivity index (χ4v) is 1.36. The van der Waals surface area contributed by atoms with Crippen LogP contribution in [0.1, 0.15) is 26.7 Å². The summed E-state index contributed by atoms with van der Waals surface area (Å²) in [6, 6.07) is -0.486. The zero-order valence-electron chi connectivity index (χ0n) is 12.8. The molecular weight excluding hydrogens is 278 g/mol. The van der Waals surface area contributed by atoms with Gasteiger partial charge in [0.2, 0.25) is 5.91 Å². The van der Waals surface area contributed by atoms with Crippen molar-refractivity contribution in [2.75, 3.05) is 33.4 Å². The molecule has 0 aliphatic heterocycles. The number of rotatable bonds is 10. The molecule has 0 aromatic carbocycles. The van der Waals surface area contributed by atoms with Gasteiger partial charge in [0.05, 0.1) is 12.0 Å². The third kappa shape index (κ3) is 8.13. The first-order chi connectivity index (χ1) is 9.85. The van der Waals surface area contributed by atoms with E-state index < -0.39 is 17.4 Å². The Kier molecular flexibility index (Phi) is 9.11. The number of carbonyl (C=O) groups excluding carboxylic acids is 2. The van der Waals surface area contributed by atoms with E-state index in [-0.39, 0.29) is 25.4 Å². The zero-order chi connectivity index (χ0) is 16.3. The van der Waals surface area contributed by atoms with E-state index in [1.165, 1.54) is 0 Å². The number of ether oxygens (including phenoxy) is 1. The van der Waals surface area contributed by atoms with Gasteiger partial charge in [-0.1, -0.05) is 6.92 Å². The van der Waals surface area contributed by atoms with Crippen molar-refractivity contribution >= 4 is 17.9 Å². The Morgan fingerprint density at radius 1 is 1.14 bits per heavy atom. The summed E-state index contributed by atoms with van der Waals surface area (Å²) in [6.45, 7) is 4.39. The molecule has 8 nitrogen and oxygen atoms in total. The van der Waals surface area contributed by atoms with Crippen LogP contribution in [0.25, 0.3) is 0 Å². The predicted molar refractivity (Wildman–Crippen MR) is 76.9 cm³/mol. The standard InChI is InChI=1S/C13H25N3O5/c1-4-13(2,11(18)19)9-16-12(20)15-6-5-10(17)14-7-8-21-3/h4-9H2,1-3H3,(H,14,17)(H,18,19)(H2,15,16,20). The first-order valence-electron chi connectivity index (χ1n) is 6.86. The van der Waals surface area contributed by atoms with Gasteiger partial charge in [0.1, 0.15) is 0 Å². The Labute approximate surface area is 124 Å². The molecule has 122 valence electrons. The van der Waals surface area contributed by atoms with Crippen LogP contribution >= 0.6 is 0 Å². The van der Waals surface area contributed by atoms with Gasteiger partial charge in [0, 0.05) is 33.2 Å². The molecule has 0 aromatic heterocycles. The average Bonchev–Trinajstić information content (AvgIpc) is 2.44. The number of carboxylic acid groups (broad SMARTS) is 1. The number of carbonyl (C=O) groups is 3. The Hall–Kier alpha value is -1.83. The molecule has 4 N–H and O–H groups in total. The van der Waals surface area contributed by atoms with Crippen LogP contribution in [0.15, 0.2) is 0 Å². The van der Waals surface area contributed by atoms with Crippen molar-refractivity contribution in [1.29, 1.82) is 0 Å². The maximum absolute atomic E-state index is 11.5. The van der Waals surface area contributed by atoms with Gasteiger partial charge in [-0.2, -0.15) is 0 Å². The molecule has 0 saturated heterocycles. The normalized spacial score (nSPS) is 13.1. The first kappa shape index (κ1) is 19.2. The number of urea groups is 1. The summed E-state index contributed by atoms with van der Waals surface area (Å²) in [7, 11) is 1.54. The summed E-state index contributed by atoms with van der Waals surface area (Å²) in [4.78, 5) is 33.9. The third-order valence-electron chi connectivity index (χ3n) is 3.20. The molecule has 0 saturated carbocycles. The minimum Gasteiger partial charge on any atom is -0.481 e. The topological polar surface area (TPSA) is 117 Å². The van der Waals surface area contributed by atoms with E-state index in [0.29, 0.717) is 19.6 Å². The SMILES string of the molecule is CCC(C)(CNC(=O)NCCC(=O)NCCOC)C(=O)O. The van der Waals surface area contributed by atoms with Gasteiger partial charge in [0.15, 0.2) is 0 Å². The minimum absolute atomic E-state index is 0.0324. The van der Waals surface area contributed by atoms with Crippen molar-refractivity contribution in [2.24, 2.45) is 5.41 Å². The van der Waals surface area contributed by atoms with Gasteiger partial charge in [-0.25, -0.2) is 4.79 Å². The Morgan fingerprint density at radius 3 is 2.33 bits per heavy atom. The highest BCUT2D eigenvalue weighted by molar-refractivity contribution is 5.79. The van der Waals surface area contributed by atoms with Gasteiger partial charge in [0.25, 0.3) is 0 Å². The number of aliphatic carboxylic acids is 1. The van der Waals surface area contributed by atoms with Crippen LogP contribution in [0, 0.1) is 5.41 Å². The van der Waals surface area contributed by atoms with Gasteiger partial charge >= 0.3 is 12.0 Å². The lowest BCUT2D eigenvalue weighted by Crippen LogP contribution is -2.45. The van der Waals surface area contributed by atoms with Crippen LogP contribution in [0.3, 0.4) is 0 Å². The molecule has 21 heavy (non-hydrogen) atoms. The van der Waals surface area contributed by atoms with Gasteiger partial charge in [-0.3, -0.25) is 9.59 Å². The number of hydrogen-bond acceptors (Lipinski definition) is 4. The molecular formula is C13H25N3O5. The molecule has 0 aliphatic carbocycles. The molecule has 8 heteroatoms. The van der Waals surface area contributed by atoms with Crippen molar-refractivity contribution in [3.63, 3.8) is 0 Å². The van der Waals surface area contributed by atoms with E-state index >= 15 is 0 Å². The summed E-state index contributed by atoms with van der Waals surface area (Å²) in [5.74, 6) is -1.14. The largest absolute Gasteiger partial charge is 0.481 e. The summed E-state index contributed by atoms with van der Waals surface area (Å²) in [5.41, 5.74) is -0.991.